The number of rotatable bonds is 3. The van der Waals surface area contributed by atoms with Crippen molar-refractivity contribution in [2.45, 2.75) is 20.8 Å². The summed E-state index contributed by atoms with van der Waals surface area (Å²) in [6.45, 7) is 10.2. The molecule has 1 saturated heterocycles. The average molecular weight is 399 g/mol. The zero-order valence-corrected chi connectivity index (χ0v) is 17.7. The molecule has 152 valence electrons. The molecule has 0 atom stereocenters. The number of piperazine rings is 1. The smallest absolute Gasteiger partial charge is 0.128 e. The van der Waals surface area contributed by atoms with Crippen molar-refractivity contribution in [3.8, 4) is 22.4 Å². The molecule has 4 aromatic heterocycles. The second-order valence-electron chi connectivity index (χ2n) is 8.03. The minimum Gasteiger partial charge on any atom is -0.354 e. The van der Waals surface area contributed by atoms with Crippen molar-refractivity contribution >= 4 is 16.9 Å². The molecule has 0 amide bonds. The highest BCUT2D eigenvalue weighted by atomic mass is 15.2. The van der Waals surface area contributed by atoms with Crippen molar-refractivity contribution in [3.05, 3.63) is 59.7 Å². The summed E-state index contributed by atoms with van der Waals surface area (Å²) in [5.74, 6) is 1.04. The Hall–Kier alpha value is -3.25. The van der Waals surface area contributed by atoms with Gasteiger partial charge in [0.2, 0.25) is 0 Å². The molecule has 0 aliphatic carbocycles. The van der Waals surface area contributed by atoms with E-state index >= 15 is 0 Å². The lowest BCUT2D eigenvalue weighted by molar-refractivity contribution is 0.585. The van der Waals surface area contributed by atoms with Gasteiger partial charge < -0.3 is 15.2 Å². The number of hydrogen-bond acceptors (Lipinski definition) is 5. The molecular weight excluding hydrogens is 372 g/mol. The van der Waals surface area contributed by atoms with Crippen LogP contribution in [0.15, 0.2) is 42.7 Å². The quantitative estimate of drug-likeness (QED) is 0.545. The maximum atomic E-state index is 4.77. The van der Waals surface area contributed by atoms with E-state index in [9.17, 15) is 0 Å². The summed E-state index contributed by atoms with van der Waals surface area (Å²) in [6.07, 6.45) is 3.89. The molecule has 5 heterocycles. The summed E-state index contributed by atoms with van der Waals surface area (Å²) < 4.78 is 0. The number of aromatic nitrogens is 4. The lowest BCUT2D eigenvalue weighted by Gasteiger charge is -2.28. The number of aromatic amines is 1. The topological polar surface area (TPSA) is 69.7 Å². The monoisotopic (exact) mass is 398 g/mol. The van der Waals surface area contributed by atoms with E-state index in [1.54, 1.807) is 0 Å². The van der Waals surface area contributed by atoms with Crippen molar-refractivity contribution in [2.24, 2.45) is 0 Å². The van der Waals surface area contributed by atoms with Crippen LogP contribution in [-0.2, 0) is 0 Å². The Labute approximate surface area is 176 Å². The Kier molecular flexibility index (Phi) is 4.71. The lowest BCUT2D eigenvalue weighted by atomic mass is 10.1. The van der Waals surface area contributed by atoms with Crippen LogP contribution in [0, 0.1) is 20.8 Å². The second kappa shape index (κ2) is 7.54. The summed E-state index contributed by atoms with van der Waals surface area (Å²) >= 11 is 0. The third-order valence-corrected chi connectivity index (χ3v) is 5.77. The van der Waals surface area contributed by atoms with E-state index in [-0.39, 0.29) is 0 Å². The minimum absolute atomic E-state index is 0.998. The van der Waals surface area contributed by atoms with Crippen LogP contribution in [0.25, 0.3) is 33.4 Å². The standard InChI is InChI=1S/C24H26N6/c1-15-10-19(11-16(2)28-15)23-17(3)24-21(29-23)12-20(14-27-24)18-4-5-22(26-13-18)30-8-6-25-7-9-30/h4-5,10-14,25,29H,6-9H2,1-3H3. The molecule has 0 saturated carbocycles. The maximum absolute atomic E-state index is 4.77. The molecule has 1 aliphatic heterocycles. The summed E-state index contributed by atoms with van der Waals surface area (Å²) in [5.41, 5.74) is 9.65. The number of aryl methyl sites for hydroxylation is 3. The largest absolute Gasteiger partial charge is 0.354 e. The van der Waals surface area contributed by atoms with E-state index in [0.29, 0.717) is 0 Å². The lowest BCUT2D eigenvalue weighted by Crippen LogP contribution is -2.43. The van der Waals surface area contributed by atoms with Crippen LogP contribution in [0.1, 0.15) is 17.0 Å². The molecule has 0 unspecified atom stereocenters. The number of nitrogens with zero attached hydrogens (tertiary/aromatic N) is 4. The van der Waals surface area contributed by atoms with Gasteiger partial charge in [-0.2, -0.15) is 0 Å². The van der Waals surface area contributed by atoms with Crippen LogP contribution < -0.4 is 10.2 Å². The Morgan fingerprint density at radius 1 is 0.833 bits per heavy atom. The first-order valence-corrected chi connectivity index (χ1v) is 10.4. The molecule has 6 heteroatoms. The van der Waals surface area contributed by atoms with Gasteiger partial charge in [-0.15, -0.1) is 0 Å². The van der Waals surface area contributed by atoms with E-state index in [0.717, 1.165) is 82.4 Å². The first-order chi connectivity index (χ1) is 14.6. The van der Waals surface area contributed by atoms with Crippen molar-refractivity contribution in [3.63, 3.8) is 0 Å². The number of fused-ring (bicyclic) bond motifs is 1. The van der Waals surface area contributed by atoms with Gasteiger partial charge in [-0.05, 0) is 51.1 Å². The van der Waals surface area contributed by atoms with Crippen molar-refractivity contribution in [1.82, 2.24) is 25.3 Å². The Bertz CT molecular complexity index is 1180. The first-order valence-electron chi connectivity index (χ1n) is 10.4. The summed E-state index contributed by atoms with van der Waals surface area (Å²) in [4.78, 5) is 19.9. The van der Waals surface area contributed by atoms with Gasteiger partial charge in [0.05, 0.1) is 16.7 Å². The molecule has 5 rings (SSSR count). The Morgan fingerprint density at radius 2 is 1.57 bits per heavy atom. The van der Waals surface area contributed by atoms with E-state index in [2.05, 4.69) is 57.4 Å². The SMILES string of the molecule is Cc1cc(-c2[nH]c3cc(-c4ccc(N5CCNCC5)nc4)cnc3c2C)cc(C)n1. The van der Waals surface area contributed by atoms with Crippen molar-refractivity contribution in [2.75, 3.05) is 31.1 Å². The summed E-state index contributed by atoms with van der Waals surface area (Å²) in [6, 6.07) is 10.6. The normalized spacial score (nSPS) is 14.4. The molecule has 0 bridgehead atoms. The Morgan fingerprint density at radius 3 is 2.27 bits per heavy atom. The fourth-order valence-corrected chi connectivity index (χ4v) is 4.27. The highest BCUT2D eigenvalue weighted by Crippen LogP contribution is 2.31. The molecule has 6 nitrogen and oxygen atoms in total. The zero-order valence-electron chi connectivity index (χ0n) is 17.7. The van der Waals surface area contributed by atoms with Crippen LogP contribution in [0.2, 0.25) is 0 Å². The van der Waals surface area contributed by atoms with Crippen LogP contribution in [-0.4, -0.2) is 46.1 Å². The molecular formula is C24H26N6. The molecule has 1 fully saturated rings. The maximum Gasteiger partial charge on any atom is 0.128 e. The van der Waals surface area contributed by atoms with Crippen LogP contribution in [0.4, 0.5) is 5.82 Å². The van der Waals surface area contributed by atoms with Gasteiger partial charge in [0.1, 0.15) is 5.82 Å². The predicted octanol–water partition coefficient (Wildman–Crippen LogP) is 4.02. The zero-order chi connectivity index (χ0) is 20.7. The molecule has 0 radical (unpaired) electrons. The van der Waals surface area contributed by atoms with Gasteiger partial charge in [-0.25, -0.2) is 4.98 Å². The van der Waals surface area contributed by atoms with E-state index in [4.69, 9.17) is 9.97 Å². The highest BCUT2D eigenvalue weighted by Gasteiger charge is 2.14. The van der Waals surface area contributed by atoms with Crippen LogP contribution >= 0.6 is 0 Å². The van der Waals surface area contributed by atoms with Gasteiger partial charge in [0.15, 0.2) is 0 Å². The van der Waals surface area contributed by atoms with Gasteiger partial charge >= 0.3 is 0 Å². The number of anilines is 1. The van der Waals surface area contributed by atoms with Gasteiger partial charge in [-0.3, -0.25) is 9.97 Å². The third-order valence-electron chi connectivity index (χ3n) is 5.77. The number of pyridine rings is 3. The Balaban J connectivity index is 1.49. The molecule has 0 aromatic carbocycles. The summed E-state index contributed by atoms with van der Waals surface area (Å²) in [7, 11) is 0. The number of hydrogen-bond donors (Lipinski definition) is 2. The molecule has 0 spiro atoms. The number of nitrogens with one attached hydrogen (secondary N) is 2. The molecule has 1 aliphatic rings. The first kappa shape index (κ1) is 18.8. The van der Waals surface area contributed by atoms with Crippen molar-refractivity contribution < 1.29 is 0 Å². The average Bonchev–Trinajstić information content (AvgIpc) is 3.10. The third kappa shape index (κ3) is 3.44. The molecule has 2 N–H and O–H groups in total. The fraction of sp³-hybridized carbons (Fsp3) is 0.292. The van der Waals surface area contributed by atoms with E-state index in [1.807, 2.05) is 26.2 Å². The summed E-state index contributed by atoms with van der Waals surface area (Å²) in [5, 5.41) is 3.38. The molecule has 30 heavy (non-hydrogen) atoms. The van der Waals surface area contributed by atoms with Gasteiger partial charge in [-0.1, -0.05) is 0 Å². The van der Waals surface area contributed by atoms with E-state index in [1.165, 1.54) is 0 Å². The fourth-order valence-electron chi connectivity index (χ4n) is 4.27. The number of H-pyrrole nitrogens is 1. The van der Waals surface area contributed by atoms with Crippen molar-refractivity contribution in [1.29, 1.82) is 0 Å². The van der Waals surface area contributed by atoms with E-state index < -0.39 is 0 Å². The second-order valence-corrected chi connectivity index (χ2v) is 8.03. The van der Waals surface area contributed by atoms with Crippen LogP contribution in [0.3, 0.4) is 0 Å². The van der Waals surface area contributed by atoms with Crippen LogP contribution in [0.5, 0.6) is 0 Å². The van der Waals surface area contributed by atoms with Gasteiger partial charge in [0, 0.05) is 72.2 Å². The predicted molar refractivity (Wildman–Crippen MR) is 122 cm³/mol. The van der Waals surface area contributed by atoms with Gasteiger partial charge in [0.25, 0.3) is 0 Å². The minimum atomic E-state index is 0.998. The molecule has 4 aromatic rings. The highest BCUT2D eigenvalue weighted by molar-refractivity contribution is 5.90.